The van der Waals surface area contributed by atoms with E-state index in [0.29, 0.717) is 5.92 Å². The zero-order valence-corrected chi connectivity index (χ0v) is 11.1. The molecular weight excluding hydrogens is 238 g/mol. The molecule has 4 heteroatoms. The van der Waals surface area contributed by atoms with Gasteiger partial charge in [0.25, 0.3) is 0 Å². The highest BCUT2D eigenvalue weighted by Gasteiger charge is 2.20. The highest BCUT2D eigenvalue weighted by Crippen LogP contribution is 2.32. The highest BCUT2D eigenvalue weighted by molar-refractivity contribution is 5.66. The molecule has 0 saturated carbocycles. The summed E-state index contributed by atoms with van der Waals surface area (Å²) in [6.45, 7) is 2.18. The van der Waals surface area contributed by atoms with Crippen molar-refractivity contribution in [2.45, 2.75) is 18.8 Å². The molecule has 1 aliphatic rings. The van der Waals surface area contributed by atoms with Gasteiger partial charge in [0.1, 0.15) is 5.75 Å². The van der Waals surface area contributed by atoms with Crippen LogP contribution in [0.5, 0.6) is 5.75 Å². The Hall–Kier alpha value is -1.81. The number of piperidine rings is 1. The molecule has 2 N–H and O–H groups in total. The van der Waals surface area contributed by atoms with Gasteiger partial charge in [-0.15, -0.1) is 0 Å². The van der Waals surface area contributed by atoms with Crippen molar-refractivity contribution in [2.75, 3.05) is 20.2 Å². The summed E-state index contributed by atoms with van der Waals surface area (Å²) in [4.78, 5) is 0. The maximum Gasteiger partial charge on any atom is 0.118 e. The van der Waals surface area contributed by atoms with Crippen LogP contribution in [0.15, 0.2) is 30.5 Å². The molecule has 4 nitrogen and oxygen atoms in total. The van der Waals surface area contributed by atoms with Crippen molar-refractivity contribution in [3.8, 4) is 16.9 Å². The largest absolute Gasteiger partial charge is 0.497 e. The van der Waals surface area contributed by atoms with Gasteiger partial charge in [0, 0.05) is 17.2 Å². The number of rotatable bonds is 3. The Morgan fingerprint density at radius 3 is 2.58 bits per heavy atom. The molecule has 2 aromatic rings. The Kier molecular flexibility index (Phi) is 3.51. The molecule has 100 valence electrons. The van der Waals surface area contributed by atoms with Gasteiger partial charge in [-0.2, -0.15) is 5.10 Å². The molecule has 1 fully saturated rings. The van der Waals surface area contributed by atoms with Crippen LogP contribution >= 0.6 is 0 Å². The second-order valence-electron chi connectivity index (χ2n) is 4.95. The van der Waals surface area contributed by atoms with E-state index >= 15 is 0 Å². The first-order chi connectivity index (χ1) is 9.38. The van der Waals surface area contributed by atoms with E-state index in [1.165, 1.54) is 29.7 Å². The van der Waals surface area contributed by atoms with E-state index in [9.17, 15) is 0 Å². The normalized spacial score (nSPS) is 16.5. The van der Waals surface area contributed by atoms with Gasteiger partial charge in [0.15, 0.2) is 0 Å². The van der Waals surface area contributed by atoms with Crippen LogP contribution in [-0.4, -0.2) is 30.4 Å². The molecule has 0 spiro atoms. The first-order valence-corrected chi connectivity index (χ1v) is 6.77. The number of H-pyrrole nitrogens is 1. The van der Waals surface area contributed by atoms with E-state index in [1.807, 2.05) is 18.3 Å². The van der Waals surface area contributed by atoms with Crippen LogP contribution in [0, 0.1) is 0 Å². The van der Waals surface area contributed by atoms with Gasteiger partial charge in [0.2, 0.25) is 0 Å². The number of aromatic amines is 1. The lowest BCUT2D eigenvalue weighted by Crippen LogP contribution is -2.27. The molecule has 19 heavy (non-hydrogen) atoms. The number of aromatic nitrogens is 2. The van der Waals surface area contributed by atoms with Crippen LogP contribution in [0.1, 0.15) is 24.5 Å². The van der Waals surface area contributed by atoms with Gasteiger partial charge in [0.05, 0.1) is 13.3 Å². The lowest BCUT2D eigenvalue weighted by Gasteiger charge is -2.22. The molecule has 1 aromatic carbocycles. The second-order valence-corrected chi connectivity index (χ2v) is 4.95. The predicted molar refractivity (Wildman–Crippen MR) is 75.4 cm³/mol. The van der Waals surface area contributed by atoms with E-state index in [0.717, 1.165) is 18.8 Å². The van der Waals surface area contributed by atoms with Crippen LogP contribution in [0.2, 0.25) is 0 Å². The Labute approximate surface area is 113 Å². The maximum absolute atomic E-state index is 5.20. The fourth-order valence-corrected chi connectivity index (χ4v) is 2.72. The average molecular weight is 257 g/mol. The summed E-state index contributed by atoms with van der Waals surface area (Å²) in [5.74, 6) is 1.47. The number of benzene rings is 1. The van der Waals surface area contributed by atoms with Crippen molar-refractivity contribution in [1.82, 2.24) is 15.5 Å². The minimum atomic E-state index is 0.584. The molecule has 0 radical (unpaired) electrons. The molecule has 1 saturated heterocycles. The van der Waals surface area contributed by atoms with E-state index in [4.69, 9.17) is 4.74 Å². The van der Waals surface area contributed by atoms with E-state index in [2.05, 4.69) is 27.6 Å². The summed E-state index contributed by atoms with van der Waals surface area (Å²) in [7, 11) is 1.69. The number of hydrogen-bond acceptors (Lipinski definition) is 3. The van der Waals surface area contributed by atoms with Crippen LogP contribution in [0.3, 0.4) is 0 Å². The molecule has 1 aliphatic heterocycles. The summed E-state index contributed by atoms with van der Waals surface area (Å²) in [5, 5.41) is 10.8. The third kappa shape index (κ3) is 2.49. The molecule has 1 aromatic heterocycles. The number of nitrogens with zero attached hydrogens (tertiary/aromatic N) is 1. The average Bonchev–Trinajstić information content (AvgIpc) is 2.98. The number of ether oxygens (including phenoxy) is 1. The minimum absolute atomic E-state index is 0.584. The maximum atomic E-state index is 5.20. The van der Waals surface area contributed by atoms with E-state index in [-0.39, 0.29) is 0 Å². The zero-order valence-electron chi connectivity index (χ0n) is 11.1. The third-order valence-corrected chi connectivity index (χ3v) is 3.82. The molecule has 0 amide bonds. The van der Waals surface area contributed by atoms with Crippen molar-refractivity contribution in [1.29, 1.82) is 0 Å². The van der Waals surface area contributed by atoms with Crippen molar-refractivity contribution < 1.29 is 4.74 Å². The molecule has 0 atom stereocenters. The van der Waals surface area contributed by atoms with Crippen LogP contribution in [0.4, 0.5) is 0 Å². The SMILES string of the molecule is COc1ccc(-c2cn[nH]c2C2CCNCC2)cc1. The molecule has 0 bridgehead atoms. The lowest BCUT2D eigenvalue weighted by atomic mass is 9.90. The summed E-state index contributed by atoms with van der Waals surface area (Å²) in [6, 6.07) is 8.17. The number of nitrogens with one attached hydrogen (secondary N) is 2. The Morgan fingerprint density at radius 2 is 1.89 bits per heavy atom. The Balaban J connectivity index is 1.89. The standard InChI is InChI=1S/C15H19N3O/c1-19-13-4-2-11(3-5-13)14-10-17-18-15(14)12-6-8-16-9-7-12/h2-5,10,12,16H,6-9H2,1H3,(H,17,18). The highest BCUT2D eigenvalue weighted by atomic mass is 16.5. The van der Waals surface area contributed by atoms with Gasteiger partial charge >= 0.3 is 0 Å². The molecular formula is C15H19N3O. The quantitative estimate of drug-likeness (QED) is 0.888. The van der Waals surface area contributed by atoms with Crippen LogP contribution < -0.4 is 10.1 Å². The summed E-state index contributed by atoms with van der Waals surface area (Å²) in [5.41, 5.74) is 3.68. The van der Waals surface area contributed by atoms with Gasteiger partial charge < -0.3 is 10.1 Å². The fraction of sp³-hybridized carbons (Fsp3) is 0.400. The van der Waals surface area contributed by atoms with Gasteiger partial charge in [-0.25, -0.2) is 0 Å². The van der Waals surface area contributed by atoms with Crippen molar-refractivity contribution in [2.24, 2.45) is 0 Å². The van der Waals surface area contributed by atoms with E-state index < -0.39 is 0 Å². The molecule has 0 aliphatic carbocycles. The fourth-order valence-electron chi connectivity index (χ4n) is 2.72. The minimum Gasteiger partial charge on any atom is -0.497 e. The van der Waals surface area contributed by atoms with Crippen LogP contribution in [0.25, 0.3) is 11.1 Å². The van der Waals surface area contributed by atoms with Crippen molar-refractivity contribution in [3.63, 3.8) is 0 Å². The van der Waals surface area contributed by atoms with Gasteiger partial charge in [-0.05, 0) is 43.6 Å². The molecule has 2 heterocycles. The third-order valence-electron chi connectivity index (χ3n) is 3.82. The van der Waals surface area contributed by atoms with Crippen molar-refractivity contribution >= 4 is 0 Å². The van der Waals surface area contributed by atoms with Crippen LogP contribution in [-0.2, 0) is 0 Å². The molecule has 3 rings (SSSR count). The van der Waals surface area contributed by atoms with Crippen molar-refractivity contribution in [3.05, 3.63) is 36.2 Å². The monoisotopic (exact) mass is 257 g/mol. The Morgan fingerprint density at radius 1 is 1.16 bits per heavy atom. The summed E-state index contributed by atoms with van der Waals surface area (Å²) >= 11 is 0. The smallest absolute Gasteiger partial charge is 0.118 e. The summed E-state index contributed by atoms with van der Waals surface area (Å²) < 4.78 is 5.20. The molecule has 0 unspecified atom stereocenters. The van der Waals surface area contributed by atoms with Gasteiger partial charge in [-0.1, -0.05) is 12.1 Å². The lowest BCUT2D eigenvalue weighted by molar-refractivity contribution is 0.415. The Bertz CT molecular complexity index is 527. The van der Waals surface area contributed by atoms with E-state index in [1.54, 1.807) is 7.11 Å². The first kappa shape index (κ1) is 12.2. The second kappa shape index (κ2) is 5.45. The number of methoxy groups -OCH3 is 1. The summed E-state index contributed by atoms with van der Waals surface area (Å²) in [6.07, 6.45) is 4.27. The first-order valence-electron chi connectivity index (χ1n) is 6.77. The predicted octanol–water partition coefficient (Wildman–Crippen LogP) is 2.55. The topological polar surface area (TPSA) is 49.9 Å². The number of hydrogen-bond donors (Lipinski definition) is 2. The van der Waals surface area contributed by atoms with Gasteiger partial charge in [-0.3, -0.25) is 5.10 Å². The zero-order chi connectivity index (χ0) is 13.1.